The number of carbonyl (C=O) groups excluding carboxylic acids is 5. The van der Waals surface area contributed by atoms with E-state index >= 15 is 0 Å². The fourth-order valence-corrected chi connectivity index (χ4v) is 7.58. The molecule has 2 saturated heterocycles. The molecular weight excluding hydrogens is 681 g/mol. The number of benzene rings is 2. The predicted octanol–water partition coefficient (Wildman–Crippen LogP) is 3.72. The van der Waals surface area contributed by atoms with E-state index in [0.29, 0.717) is 31.4 Å². The monoisotopic (exact) mass is 730 g/mol. The normalized spacial score (nSPS) is 23.9. The van der Waals surface area contributed by atoms with E-state index < -0.39 is 18.1 Å². The van der Waals surface area contributed by atoms with Crippen LogP contribution in [0.25, 0.3) is 0 Å². The number of hydrogen-bond donors (Lipinski definition) is 5. The van der Waals surface area contributed by atoms with Crippen LogP contribution in [0.1, 0.15) is 85.9 Å². The van der Waals surface area contributed by atoms with E-state index in [4.69, 9.17) is 0 Å². The molecule has 0 radical (unpaired) electrons. The highest BCUT2D eigenvalue weighted by molar-refractivity contribution is 7.09. The first-order valence-electron chi connectivity index (χ1n) is 18.2. The molecule has 2 fully saturated rings. The summed E-state index contributed by atoms with van der Waals surface area (Å²) >= 11 is 1.42. The van der Waals surface area contributed by atoms with Gasteiger partial charge in [-0.15, -0.1) is 11.3 Å². The fraction of sp³-hybridized carbons (Fsp3) is 0.487. The second kappa shape index (κ2) is 18.1. The van der Waals surface area contributed by atoms with Gasteiger partial charge in [0.2, 0.25) is 23.6 Å². The van der Waals surface area contributed by atoms with Crippen LogP contribution >= 0.6 is 11.3 Å². The van der Waals surface area contributed by atoms with Gasteiger partial charge in [0, 0.05) is 56.2 Å². The predicted molar refractivity (Wildman–Crippen MR) is 199 cm³/mol. The van der Waals surface area contributed by atoms with Gasteiger partial charge < -0.3 is 31.3 Å². The van der Waals surface area contributed by atoms with Crippen LogP contribution in [0.15, 0.2) is 60.0 Å². The molecule has 5 rings (SSSR count). The fourth-order valence-electron chi connectivity index (χ4n) is 6.77. The van der Waals surface area contributed by atoms with Gasteiger partial charge in [-0.05, 0) is 60.8 Å². The van der Waals surface area contributed by atoms with E-state index in [9.17, 15) is 29.1 Å². The molecule has 0 aliphatic carbocycles. The van der Waals surface area contributed by atoms with E-state index in [-0.39, 0.29) is 91.9 Å². The van der Waals surface area contributed by atoms with Crippen LogP contribution < -0.4 is 21.3 Å². The molecule has 0 bridgehead atoms. The van der Waals surface area contributed by atoms with Crippen molar-refractivity contribution >= 4 is 40.9 Å². The quantitative estimate of drug-likeness (QED) is 0.247. The van der Waals surface area contributed by atoms with Crippen LogP contribution in [0, 0.1) is 11.8 Å². The molecule has 0 saturated carbocycles. The van der Waals surface area contributed by atoms with Crippen LogP contribution in [-0.4, -0.2) is 81.8 Å². The molecule has 5 atom stereocenters. The summed E-state index contributed by atoms with van der Waals surface area (Å²) in [5.41, 5.74) is 2.19. The van der Waals surface area contributed by atoms with E-state index in [0.717, 1.165) is 16.1 Å². The van der Waals surface area contributed by atoms with Gasteiger partial charge in [0.15, 0.2) is 0 Å². The Morgan fingerprint density at radius 2 is 1.75 bits per heavy atom. The van der Waals surface area contributed by atoms with Crippen molar-refractivity contribution in [2.24, 2.45) is 11.8 Å². The number of phenolic OH excluding ortho intramolecular Hbond substituents is 1. The molecule has 2 aliphatic heterocycles. The molecule has 0 spiro atoms. The summed E-state index contributed by atoms with van der Waals surface area (Å²) in [6.45, 7) is 6.41. The Labute approximate surface area is 309 Å². The molecule has 1 aromatic heterocycles. The Bertz CT molecular complexity index is 1700. The van der Waals surface area contributed by atoms with E-state index in [1.54, 1.807) is 22.4 Å². The average Bonchev–Trinajstić information content (AvgIpc) is 3.76. The maximum Gasteiger partial charge on any atom is 0.271 e. The summed E-state index contributed by atoms with van der Waals surface area (Å²) in [4.78, 5) is 73.3. The highest BCUT2D eigenvalue weighted by Crippen LogP contribution is 2.24. The summed E-state index contributed by atoms with van der Waals surface area (Å²) in [7, 11) is 0. The zero-order valence-corrected chi connectivity index (χ0v) is 30.9. The number of carbonyl (C=O) groups is 5. The number of phenols is 1. The zero-order valence-electron chi connectivity index (χ0n) is 30.1. The Kier molecular flexibility index (Phi) is 13.4. The van der Waals surface area contributed by atoms with E-state index in [1.165, 1.54) is 23.5 Å². The van der Waals surface area contributed by atoms with Gasteiger partial charge in [0.1, 0.15) is 23.5 Å². The Hall–Kier alpha value is -4.78. The molecule has 3 heterocycles. The second-order valence-corrected chi connectivity index (χ2v) is 15.3. The lowest BCUT2D eigenvalue weighted by Gasteiger charge is -2.29. The van der Waals surface area contributed by atoms with Crippen molar-refractivity contribution in [3.63, 3.8) is 0 Å². The summed E-state index contributed by atoms with van der Waals surface area (Å²) in [5.74, 6) is -1.26. The maximum absolute atomic E-state index is 13.8. The summed E-state index contributed by atoms with van der Waals surface area (Å²) in [6.07, 6.45) is 3.04. The average molecular weight is 731 g/mol. The SMILES string of the molecule is CC(C)[C@@H]1CC[C@@H](C)CC(=O)N[C@@H](Cc2ccc(O)cc2)C(=O)NCCCC(=O)N2C[C@H](NC(=O)c3csc(Cc4ccccc4)n3)C[C@H]2C(=O)N1. The van der Waals surface area contributed by atoms with Crippen LogP contribution in [0.4, 0.5) is 0 Å². The molecular formula is C39H50N6O6S. The minimum absolute atomic E-state index is 0.0162. The van der Waals surface area contributed by atoms with Crippen LogP contribution in [0.2, 0.25) is 0 Å². The van der Waals surface area contributed by atoms with Crippen molar-refractivity contribution in [2.75, 3.05) is 13.1 Å². The minimum Gasteiger partial charge on any atom is -0.508 e. The van der Waals surface area contributed by atoms with Gasteiger partial charge in [-0.25, -0.2) is 4.98 Å². The van der Waals surface area contributed by atoms with Crippen molar-refractivity contribution in [1.82, 2.24) is 31.2 Å². The van der Waals surface area contributed by atoms with Crippen molar-refractivity contribution in [3.8, 4) is 5.75 Å². The maximum atomic E-state index is 13.8. The Balaban J connectivity index is 1.28. The van der Waals surface area contributed by atoms with Crippen molar-refractivity contribution in [2.45, 2.75) is 96.3 Å². The lowest BCUT2D eigenvalue weighted by molar-refractivity contribution is -0.139. The molecule has 12 nitrogen and oxygen atoms in total. The molecule has 3 aromatic rings. The van der Waals surface area contributed by atoms with Crippen LogP contribution in [-0.2, 0) is 32.0 Å². The molecule has 5 N–H and O–H groups in total. The number of nitrogens with one attached hydrogen (secondary N) is 4. The lowest BCUT2D eigenvalue weighted by Crippen LogP contribution is -2.50. The first kappa shape index (κ1) is 38.5. The summed E-state index contributed by atoms with van der Waals surface area (Å²) in [6, 6.07) is 14.2. The third kappa shape index (κ3) is 10.9. The highest BCUT2D eigenvalue weighted by atomic mass is 32.1. The molecule has 2 aliphatic rings. The second-order valence-electron chi connectivity index (χ2n) is 14.4. The summed E-state index contributed by atoms with van der Waals surface area (Å²) in [5, 5.41) is 24.2. The highest BCUT2D eigenvalue weighted by Gasteiger charge is 2.41. The largest absolute Gasteiger partial charge is 0.508 e. The molecule has 13 heteroatoms. The number of hydrogen-bond acceptors (Lipinski definition) is 8. The Morgan fingerprint density at radius 1 is 1.00 bits per heavy atom. The number of fused-ring (bicyclic) bond motifs is 1. The number of aromatic nitrogens is 1. The third-order valence-corrected chi connectivity index (χ3v) is 10.6. The number of thiazole rings is 1. The molecule has 0 unspecified atom stereocenters. The van der Waals surface area contributed by atoms with Crippen LogP contribution in [0.5, 0.6) is 5.75 Å². The van der Waals surface area contributed by atoms with Gasteiger partial charge in [-0.2, -0.15) is 0 Å². The van der Waals surface area contributed by atoms with Gasteiger partial charge in [0.25, 0.3) is 5.91 Å². The lowest BCUT2D eigenvalue weighted by atomic mass is 9.92. The van der Waals surface area contributed by atoms with Gasteiger partial charge in [-0.1, -0.05) is 63.2 Å². The van der Waals surface area contributed by atoms with E-state index in [1.807, 2.05) is 51.1 Å². The van der Waals surface area contributed by atoms with Crippen molar-refractivity contribution in [1.29, 1.82) is 0 Å². The number of nitrogens with zero attached hydrogens (tertiary/aromatic N) is 2. The van der Waals surface area contributed by atoms with Gasteiger partial charge >= 0.3 is 0 Å². The smallest absolute Gasteiger partial charge is 0.271 e. The molecule has 52 heavy (non-hydrogen) atoms. The topological polar surface area (TPSA) is 170 Å². The van der Waals surface area contributed by atoms with Crippen molar-refractivity contribution in [3.05, 3.63) is 81.8 Å². The molecule has 5 amide bonds. The standard InChI is InChI=1S/C39H50N6O6S/c1-24(2)30-16-11-25(3)18-34(47)42-31(19-27-12-14-29(46)15-13-27)37(49)40-17-7-10-36(48)45-22-28(21-33(45)39(51)44-30)41-38(50)32-23-52-35(43-32)20-26-8-5-4-6-9-26/h4-6,8-9,12-15,23-25,28,30-31,33,46H,7,10-11,16-22H2,1-3H3,(H,40,49)(H,41,50)(H,42,47)(H,44,51)/t25-,28-,30+,31+,33+/m1/s1. The minimum atomic E-state index is -0.832. The van der Waals surface area contributed by atoms with Gasteiger partial charge in [0.05, 0.1) is 5.01 Å². The summed E-state index contributed by atoms with van der Waals surface area (Å²) < 4.78 is 0. The Morgan fingerprint density at radius 3 is 2.48 bits per heavy atom. The van der Waals surface area contributed by atoms with Crippen LogP contribution in [0.3, 0.4) is 0 Å². The van der Waals surface area contributed by atoms with E-state index in [2.05, 4.69) is 26.3 Å². The third-order valence-electron chi connectivity index (χ3n) is 9.77. The molecule has 2 aromatic carbocycles. The number of amides is 5. The van der Waals surface area contributed by atoms with Crippen molar-refractivity contribution < 1.29 is 29.1 Å². The first-order chi connectivity index (χ1) is 24.9. The molecule has 278 valence electrons. The zero-order chi connectivity index (χ0) is 37.2. The number of aromatic hydroxyl groups is 1. The first-order valence-corrected chi connectivity index (χ1v) is 19.1. The van der Waals surface area contributed by atoms with Gasteiger partial charge in [-0.3, -0.25) is 24.0 Å². The number of rotatable bonds is 7.